The number of nitrogens with zero attached hydrogens (tertiary/aromatic N) is 4. The van der Waals surface area contributed by atoms with Crippen molar-refractivity contribution in [1.82, 2.24) is 20.3 Å². The van der Waals surface area contributed by atoms with Crippen LogP contribution in [0.1, 0.15) is 47.4 Å². The van der Waals surface area contributed by atoms with Crippen LogP contribution in [0.4, 0.5) is 11.6 Å². The van der Waals surface area contributed by atoms with Crippen molar-refractivity contribution in [2.24, 2.45) is 5.92 Å². The van der Waals surface area contributed by atoms with Gasteiger partial charge in [0.2, 0.25) is 0 Å². The fraction of sp³-hybridized carbons (Fsp3) is 0.348. The Morgan fingerprint density at radius 3 is 2.91 bits per heavy atom. The first-order valence-corrected chi connectivity index (χ1v) is 11.1. The summed E-state index contributed by atoms with van der Waals surface area (Å²) in [6, 6.07) is 8.76. The second-order valence-electron chi connectivity index (χ2n) is 7.96. The zero-order valence-electron chi connectivity index (χ0n) is 18.1. The lowest BCUT2D eigenvalue weighted by Gasteiger charge is -2.23. The lowest BCUT2D eigenvalue weighted by atomic mass is 9.99. The molecule has 3 aromatic rings. The number of halogens is 1. The molecule has 1 atom stereocenters. The Morgan fingerprint density at radius 1 is 1.36 bits per heavy atom. The van der Waals surface area contributed by atoms with Crippen LogP contribution < -0.4 is 16.4 Å². The number of para-hydroxylation sites is 1. The third-order valence-electron chi connectivity index (χ3n) is 5.71. The molecule has 33 heavy (non-hydrogen) atoms. The van der Waals surface area contributed by atoms with Crippen molar-refractivity contribution in [2.75, 3.05) is 30.8 Å². The molecule has 2 aromatic heterocycles. The molecule has 1 fully saturated rings. The second-order valence-corrected chi connectivity index (χ2v) is 8.37. The highest BCUT2D eigenvalue weighted by molar-refractivity contribution is 6.35. The Balaban J connectivity index is 1.67. The molecule has 170 valence electrons. The number of carbonyl (C=O) groups is 1. The molecule has 9 nitrogen and oxygen atoms in total. The second kappa shape index (κ2) is 9.98. The van der Waals surface area contributed by atoms with E-state index in [4.69, 9.17) is 27.1 Å². The van der Waals surface area contributed by atoms with Crippen molar-refractivity contribution < 1.29 is 9.53 Å². The molecule has 0 radical (unpaired) electrons. The standard InChI is InChI=1S/C23H24ClN7O2/c1-13(30-22-17(10-25)21(26)28-12-29-22)19-16(9-15-3-2-4-18(24)20(15)31-19)23(32)27-11-14-5-7-33-8-6-14/h2-4,9,12-14H,5-8,11H2,1H3,(H,27,32)(H3,26,28,29,30). The van der Waals surface area contributed by atoms with Crippen LogP contribution in [-0.4, -0.2) is 40.6 Å². The number of rotatable bonds is 6. The van der Waals surface area contributed by atoms with Gasteiger partial charge in [0.1, 0.15) is 29.6 Å². The van der Waals surface area contributed by atoms with E-state index < -0.39 is 6.04 Å². The predicted molar refractivity (Wildman–Crippen MR) is 126 cm³/mol. The highest BCUT2D eigenvalue weighted by Gasteiger charge is 2.23. The zero-order chi connectivity index (χ0) is 23.4. The van der Waals surface area contributed by atoms with Gasteiger partial charge >= 0.3 is 0 Å². The Labute approximate surface area is 196 Å². The van der Waals surface area contributed by atoms with Crippen LogP contribution in [0.2, 0.25) is 5.02 Å². The SMILES string of the molecule is CC(Nc1ncnc(N)c1C#N)c1nc2c(Cl)cccc2cc1C(=O)NCC1CCOCC1. The largest absolute Gasteiger partial charge is 0.382 e. The molecule has 0 bridgehead atoms. The summed E-state index contributed by atoms with van der Waals surface area (Å²) in [7, 11) is 0. The molecule has 3 heterocycles. The van der Waals surface area contributed by atoms with Crippen LogP contribution in [0.15, 0.2) is 30.6 Å². The maximum atomic E-state index is 13.2. The maximum absolute atomic E-state index is 13.2. The van der Waals surface area contributed by atoms with E-state index in [0.29, 0.717) is 47.5 Å². The Kier molecular flexibility index (Phi) is 6.87. The van der Waals surface area contributed by atoms with Crippen LogP contribution in [-0.2, 0) is 4.74 Å². The normalized spacial score (nSPS) is 15.1. The summed E-state index contributed by atoms with van der Waals surface area (Å²) in [5, 5.41) is 16.9. The van der Waals surface area contributed by atoms with Gasteiger partial charge in [-0.3, -0.25) is 4.79 Å². The molecule has 1 unspecified atom stereocenters. The topological polar surface area (TPSA) is 139 Å². The lowest BCUT2D eigenvalue weighted by Crippen LogP contribution is -2.33. The fourth-order valence-corrected chi connectivity index (χ4v) is 4.09. The van der Waals surface area contributed by atoms with Gasteiger partial charge < -0.3 is 21.1 Å². The van der Waals surface area contributed by atoms with E-state index in [1.807, 2.05) is 25.1 Å². The third-order valence-corrected chi connectivity index (χ3v) is 6.02. The van der Waals surface area contributed by atoms with Gasteiger partial charge in [0.25, 0.3) is 5.91 Å². The number of ether oxygens (including phenoxy) is 1. The summed E-state index contributed by atoms with van der Waals surface area (Å²) in [5.74, 6) is 0.507. The zero-order valence-corrected chi connectivity index (χ0v) is 18.9. The number of pyridine rings is 1. The summed E-state index contributed by atoms with van der Waals surface area (Å²) in [6.07, 6.45) is 3.11. The monoisotopic (exact) mass is 465 g/mol. The molecule has 0 spiro atoms. The summed E-state index contributed by atoms with van der Waals surface area (Å²) in [4.78, 5) is 26.0. The number of carbonyl (C=O) groups excluding carboxylic acids is 1. The highest BCUT2D eigenvalue weighted by atomic mass is 35.5. The van der Waals surface area contributed by atoms with Crippen molar-refractivity contribution in [3.63, 3.8) is 0 Å². The highest BCUT2D eigenvalue weighted by Crippen LogP contribution is 2.29. The average Bonchev–Trinajstić information content (AvgIpc) is 2.83. The number of hydrogen-bond donors (Lipinski definition) is 3. The quantitative estimate of drug-likeness (QED) is 0.503. The van der Waals surface area contributed by atoms with Crippen molar-refractivity contribution in [2.45, 2.75) is 25.8 Å². The molecule has 1 aromatic carbocycles. The molecule has 10 heteroatoms. The van der Waals surface area contributed by atoms with Crippen LogP contribution in [0, 0.1) is 17.2 Å². The number of anilines is 2. The molecule has 1 aliphatic rings. The summed E-state index contributed by atoms with van der Waals surface area (Å²) >= 11 is 6.38. The Bertz CT molecular complexity index is 1220. The lowest BCUT2D eigenvalue weighted by molar-refractivity contribution is 0.0642. The number of hydrogen-bond acceptors (Lipinski definition) is 8. The predicted octanol–water partition coefficient (Wildman–Crippen LogP) is 3.46. The maximum Gasteiger partial charge on any atom is 0.253 e. The van der Waals surface area contributed by atoms with Crippen LogP contribution in [0.5, 0.6) is 0 Å². The number of nitrogens with two attached hydrogens (primary N) is 1. The van der Waals surface area contributed by atoms with E-state index in [0.717, 1.165) is 18.2 Å². The Hall–Kier alpha value is -3.48. The molecule has 0 aliphatic carbocycles. The minimum absolute atomic E-state index is 0.0751. The van der Waals surface area contributed by atoms with Crippen molar-refractivity contribution in [3.8, 4) is 6.07 Å². The van der Waals surface area contributed by atoms with E-state index >= 15 is 0 Å². The molecule has 1 saturated heterocycles. The van der Waals surface area contributed by atoms with Gasteiger partial charge in [0.15, 0.2) is 0 Å². The van der Waals surface area contributed by atoms with E-state index in [2.05, 4.69) is 20.6 Å². The molecule has 1 amide bonds. The number of benzene rings is 1. The Morgan fingerprint density at radius 2 is 2.15 bits per heavy atom. The fourth-order valence-electron chi connectivity index (χ4n) is 3.86. The van der Waals surface area contributed by atoms with Crippen molar-refractivity contribution >= 4 is 40.0 Å². The number of nitrogen functional groups attached to an aromatic ring is 1. The van der Waals surface area contributed by atoms with Gasteiger partial charge in [0, 0.05) is 25.1 Å². The van der Waals surface area contributed by atoms with Crippen LogP contribution in [0.25, 0.3) is 10.9 Å². The third kappa shape index (κ3) is 4.97. The van der Waals surface area contributed by atoms with Gasteiger partial charge in [-0.15, -0.1) is 0 Å². The van der Waals surface area contributed by atoms with Gasteiger partial charge in [-0.05, 0) is 37.8 Å². The molecule has 1 aliphatic heterocycles. The first-order chi connectivity index (χ1) is 16.0. The minimum atomic E-state index is -0.476. The van der Waals surface area contributed by atoms with Crippen LogP contribution in [0.3, 0.4) is 0 Å². The van der Waals surface area contributed by atoms with E-state index in [9.17, 15) is 10.1 Å². The van der Waals surface area contributed by atoms with Gasteiger partial charge in [-0.1, -0.05) is 23.7 Å². The summed E-state index contributed by atoms with van der Waals surface area (Å²) in [6.45, 7) is 3.83. The van der Waals surface area contributed by atoms with E-state index in [1.165, 1.54) is 6.33 Å². The number of nitriles is 1. The number of nitrogens with one attached hydrogen (secondary N) is 2. The van der Waals surface area contributed by atoms with E-state index in [-0.39, 0.29) is 23.1 Å². The minimum Gasteiger partial charge on any atom is -0.382 e. The summed E-state index contributed by atoms with van der Waals surface area (Å²) in [5.41, 5.74) is 7.45. The van der Waals surface area contributed by atoms with Gasteiger partial charge in [-0.2, -0.15) is 5.26 Å². The van der Waals surface area contributed by atoms with Gasteiger partial charge in [0.05, 0.1) is 27.8 Å². The number of aromatic nitrogens is 3. The molecule has 4 N–H and O–H groups in total. The van der Waals surface area contributed by atoms with Crippen molar-refractivity contribution in [3.05, 3.63) is 52.4 Å². The number of fused-ring (bicyclic) bond motifs is 1. The molecule has 0 saturated carbocycles. The number of amides is 1. The van der Waals surface area contributed by atoms with Crippen molar-refractivity contribution in [1.29, 1.82) is 5.26 Å². The smallest absolute Gasteiger partial charge is 0.253 e. The van der Waals surface area contributed by atoms with Gasteiger partial charge in [-0.25, -0.2) is 15.0 Å². The molecular formula is C23H24ClN7O2. The summed E-state index contributed by atoms with van der Waals surface area (Å²) < 4.78 is 5.40. The van der Waals surface area contributed by atoms with E-state index in [1.54, 1.807) is 12.1 Å². The average molecular weight is 466 g/mol. The molecular weight excluding hydrogens is 442 g/mol. The molecule has 4 rings (SSSR count). The van der Waals surface area contributed by atoms with Crippen LogP contribution >= 0.6 is 11.6 Å². The first-order valence-electron chi connectivity index (χ1n) is 10.7. The first kappa shape index (κ1) is 22.7.